The molecule has 0 bridgehead atoms. The van der Waals surface area contributed by atoms with E-state index in [2.05, 4.69) is 34.6 Å². The van der Waals surface area contributed by atoms with Crippen LogP contribution in [0.5, 0.6) is 0 Å². The zero-order valence-corrected chi connectivity index (χ0v) is 11.3. The molecule has 0 aromatic carbocycles. The third kappa shape index (κ3) is 10.2. The Morgan fingerprint density at radius 2 is 1.60 bits per heavy atom. The van der Waals surface area contributed by atoms with E-state index in [1.54, 1.807) is 0 Å². The Balaban J connectivity index is 3.83. The highest BCUT2D eigenvalue weighted by atomic mass is 16.3. The Morgan fingerprint density at radius 3 is 2.00 bits per heavy atom. The molecule has 0 aliphatic rings. The fourth-order valence-electron chi connectivity index (χ4n) is 2.21. The molecule has 0 radical (unpaired) electrons. The molecule has 0 aromatic rings. The molecular weight excluding hydrogens is 184 g/mol. The van der Waals surface area contributed by atoms with Crippen LogP contribution < -0.4 is 0 Å². The summed E-state index contributed by atoms with van der Waals surface area (Å²) in [7, 11) is 0. The number of aliphatic hydroxyl groups excluding tert-OH is 1. The van der Waals surface area contributed by atoms with E-state index in [4.69, 9.17) is 5.11 Å². The van der Waals surface area contributed by atoms with E-state index < -0.39 is 0 Å². The Bertz CT molecular complexity index is 144. The molecule has 0 aliphatic carbocycles. The quantitative estimate of drug-likeness (QED) is 0.672. The van der Waals surface area contributed by atoms with Gasteiger partial charge in [0.25, 0.3) is 0 Å². The molecule has 1 N–H and O–H groups in total. The lowest BCUT2D eigenvalue weighted by Crippen LogP contribution is -2.14. The van der Waals surface area contributed by atoms with Crippen molar-refractivity contribution in [2.24, 2.45) is 17.3 Å². The molecule has 1 atom stereocenters. The fourth-order valence-corrected chi connectivity index (χ4v) is 2.21. The van der Waals surface area contributed by atoms with Crippen molar-refractivity contribution in [3.05, 3.63) is 0 Å². The fraction of sp³-hybridized carbons (Fsp3) is 1.00. The summed E-state index contributed by atoms with van der Waals surface area (Å²) in [5.41, 5.74) is 0.400. The van der Waals surface area contributed by atoms with Gasteiger partial charge in [-0.2, -0.15) is 0 Å². The van der Waals surface area contributed by atoms with Crippen LogP contribution in [0, 0.1) is 17.3 Å². The summed E-state index contributed by atoms with van der Waals surface area (Å²) in [6.07, 6.45) is 6.15. The molecule has 1 heteroatoms. The van der Waals surface area contributed by atoms with Crippen molar-refractivity contribution >= 4 is 0 Å². The molecule has 1 nitrogen and oxygen atoms in total. The number of aliphatic hydroxyl groups is 1. The maximum atomic E-state index is 9.04. The summed E-state index contributed by atoms with van der Waals surface area (Å²) in [4.78, 5) is 0. The van der Waals surface area contributed by atoms with Crippen LogP contribution in [-0.4, -0.2) is 11.7 Å². The van der Waals surface area contributed by atoms with Gasteiger partial charge in [0.15, 0.2) is 0 Å². The number of rotatable bonds is 7. The van der Waals surface area contributed by atoms with Crippen molar-refractivity contribution < 1.29 is 5.11 Å². The van der Waals surface area contributed by atoms with Crippen molar-refractivity contribution in [1.82, 2.24) is 0 Å². The zero-order chi connectivity index (χ0) is 11.9. The predicted molar refractivity (Wildman–Crippen MR) is 68.0 cm³/mol. The average Bonchev–Trinajstić information content (AvgIpc) is 2.00. The largest absolute Gasteiger partial charge is 0.396 e. The summed E-state index contributed by atoms with van der Waals surface area (Å²) in [5.74, 6) is 1.53. The van der Waals surface area contributed by atoms with Gasteiger partial charge in [-0.05, 0) is 30.1 Å². The monoisotopic (exact) mass is 214 g/mol. The average molecular weight is 214 g/mol. The first-order valence-electron chi connectivity index (χ1n) is 6.46. The van der Waals surface area contributed by atoms with Crippen LogP contribution in [0.1, 0.15) is 66.7 Å². The lowest BCUT2D eigenvalue weighted by atomic mass is 9.81. The molecule has 92 valence electrons. The Morgan fingerprint density at radius 1 is 1.00 bits per heavy atom. The van der Waals surface area contributed by atoms with Gasteiger partial charge in [-0.15, -0.1) is 0 Å². The molecule has 0 aliphatic heterocycles. The minimum Gasteiger partial charge on any atom is -0.396 e. The normalized spacial score (nSPS) is 14.6. The third-order valence-electron chi connectivity index (χ3n) is 2.83. The van der Waals surface area contributed by atoms with Crippen molar-refractivity contribution in [3.63, 3.8) is 0 Å². The van der Waals surface area contributed by atoms with E-state index in [1.165, 1.54) is 25.7 Å². The highest BCUT2D eigenvalue weighted by Gasteiger charge is 2.18. The van der Waals surface area contributed by atoms with Crippen LogP contribution in [0.4, 0.5) is 0 Å². The Hall–Kier alpha value is -0.0400. The van der Waals surface area contributed by atoms with Gasteiger partial charge < -0.3 is 5.11 Å². The standard InChI is InChI=1S/C14H30O/c1-12(2)7-6-8-13(9-10-15)11-14(3,4)5/h12-13,15H,6-11H2,1-5H3/t13-/m0/s1. The lowest BCUT2D eigenvalue weighted by Gasteiger charge is -2.25. The van der Waals surface area contributed by atoms with Crippen LogP contribution in [0.2, 0.25) is 0 Å². The van der Waals surface area contributed by atoms with E-state index in [0.29, 0.717) is 17.9 Å². The maximum absolute atomic E-state index is 9.04. The Labute approximate surface area is 96.3 Å². The SMILES string of the molecule is CC(C)CCC[C@@H](CCO)CC(C)(C)C. The van der Waals surface area contributed by atoms with Gasteiger partial charge in [-0.25, -0.2) is 0 Å². The second kappa shape index (κ2) is 7.27. The second-order valence-electron chi connectivity index (χ2n) is 6.47. The molecule has 15 heavy (non-hydrogen) atoms. The van der Waals surface area contributed by atoms with Gasteiger partial charge in [-0.1, -0.05) is 53.9 Å². The first-order chi connectivity index (χ1) is 6.85. The molecule has 0 saturated heterocycles. The van der Waals surface area contributed by atoms with Crippen molar-refractivity contribution in [1.29, 1.82) is 0 Å². The minimum atomic E-state index is 0.350. The molecule has 0 spiro atoms. The van der Waals surface area contributed by atoms with Gasteiger partial charge in [0.05, 0.1) is 0 Å². The molecule has 0 amide bonds. The smallest absolute Gasteiger partial charge is 0.0433 e. The molecule has 0 heterocycles. The number of hydrogen-bond acceptors (Lipinski definition) is 1. The predicted octanol–water partition coefficient (Wildman–Crippen LogP) is 4.25. The van der Waals surface area contributed by atoms with Gasteiger partial charge in [0, 0.05) is 6.61 Å². The lowest BCUT2D eigenvalue weighted by molar-refractivity contribution is 0.206. The maximum Gasteiger partial charge on any atom is 0.0433 e. The van der Waals surface area contributed by atoms with E-state index >= 15 is 0 Å². The van der Waals surface area contributed by atoms with Gasteiger partial charge in [-0.3, -0.25) is 0 Å². The van der Waals surface area contributed by atoms with Gasteiger partial charge in [0.2, 0.25) is 0 Å². The third-order valence-corrected chi connectivity index (χ3v) is 2.83. The highest BCUT2D eigenvalue weighted by molar-refractivity contribution is 4.69. The van der Waals surface area contributed by atoms with Crippen molar-refractivity contribution in [2.75, 3.05) is 6.61 Å². The van der Waals surface area contributed by atoms with Crippen LogP contribution in [0.15, 0.2) is 0 Å². The topological polar surface area (TPSA) is 20.2 Å². The minimum absolute atomic E-state index is 0.350. The van der Waals surface area contributed by atoms with E-state index in [0.717, 1.165) is 12.3 Å². The van der Waals surface area contributed by atoms with E-state index in [-0.39, 0.29) is 0 Å². The first kappa shape index (κ1) is 15.0. The molecular formula is C14H30O. The second-order valence-corrected chi connectivity index (χ2v) is 6.47. The zero-order valence-electron chi connectivity index (χ0n) is 11.3. The number of hydrogen-bond donors (Lipinski definition) is 1. The van der Waals surface area contributed by atoms with Crippen molar-refractivity contribution in [2.45, 2.75) is 66.7 Å². The molecule has 0 rings (SSSR count). The summed E-state index contributed by atoms with van der Waals surface area (Å²) >= 11 is 0. The Kier molecular flexibility index (Phi) is 7.25. The van der Waals surface area contributed by atoms with E-state index in [1.807, 2.05) is 0 Å². The highest BCUT2D eigenvalue weighted by Crippen LogP contribution is 2.29. The summed E-state index contributed by atoms with van der Waals surface area (Å²) in [6.45, 7) is 11.8. The molecule has 0 aromatic heterocycles. The van der Waals surface area contributed by atoms with Crippen molar-refractivity contribution in [3.8, 4) is 0 Å². The van der Waals surface area contributed by atoms with Crippen LogP contribution >= 0.6 is 0 Å². The van der Waals surface area contributed by atoms with Gasteiger partial charge in [0.1, 0.15) is 0 Å². The first-order valence-corrected chi connectivity index (χ1v) is 6.46. The summed E-state index contributed by atoms with van der Waals surface area (Å²) in [6, 6.07) is 0. The summed E-state index contributed by atoms with van der Waals surface area (Å²) < 4.78 is 0. The van der Waals surface area contributed by atoms with E-state index in [9.17, 15) is 0 Å². The molecule has 0 unspecified atom stereocenters. The molecule has 0 fully saturated rings. The molecule has 0 saturated carbocycles. The summed E-state index contributed by atoms with van der Waals surface area (Å²) in [5, 5.41) is 9.04. The van der Waals surface area contributed by atoms with Crippen LogP contribution in [0.3, 0.4) is 0 Å². The van der Waals surface area contributed by atoms with Gasteiger partial charge >= 0.3 is 0 Å². The van der Waals surface area contributed by atoms with Crippen LogP contribution in [0.25, 0.3) is 0 Å². The van der Waals surface area contributed by atoms with Crippen LogP contribution in [-0.2, 0) is 0 Å².